The fraction of sp³-hybridized carbons (Fsp3) is 0.455. The molecule has 3 heteroatoms. The van der Waals surface area contributed by atoms with Crippen molar-refractivity contribution >= 4 is 17.8 Å². The first-order valence-electron chi connectivity index (χ1n) is 4.98. The zero-order chi connectivity index (χ0) is 9.97. The fourth-order valence-corrected chi connectivity index (χ4v) is 2.58. The second-order valence-electron chi connectivity index (χ2n) is 3.60. The van der Waals surface area contributed by atoms with Crippen LogP contribution in [0.3, 0.4) is 0 Å². The van der Waals surface area contributed by atoms with E-state index in [0.29, 0.717) is 12.1 Å². The number of rotatable bonds is 2. The van der Waals surface area contributed by atoms with Crippen molar-refractivity contribution in [2.75, 3.05) is 12.4 Å². The third-order valence-electron chi connectivity index (χ3n) is 2.84. The number of fused-ring (bicyclic) bond motifs is 1. The van der Waals surface area contributed by atoms with Crippen molar-refractivity contribution in [3.8, 4) is 0 Å². The maximum absolute atomic E-state index is 12.6. The first-order valence-corrected chi connectivity index (χ1v) is 5.69. The van der Waals surface area contributed by atoms with Crippen LogP contribution < -0.4 is 5.32 Å². The van der Waals surface area contributed by atoms with Crippen LogP contribution in [-0.2, 0) is 12.8 Å². The Morgan fingerprint density at radius 1 is 1.21 bits per heavy atom. The van der Waals surface area contributed by atoms with Gasteiger partial charge in [-0.3, -0.25) is 0 Å². The van der Waals surface area contributed by atoms with E-state index in [1.54, 1.807) is 0 Å². The summed E-state index contributed by atoms with van der Waals surface area (Å²) < 4.78 is 12.6. The van der Waals surface area contributed by atoms with Crippen LogP contribution in [0.4, 0.5) is 9.57 Å². The van der Waals surface area contributed by atoms with Gasteiger partial charge in [0.2, 0.25) is 0 Å². The summed E-state index contributed by atoms with van der Waals surface area (Å²) in [5.41, 5.74) is 3.70. The molecule has 0 heterocycles. The highest BCUT2D eigenvalue weighted by atomic mass is 32.2. The summed E-state index contributed by atoms with van der Waals surface area (Å²) in [4.78, 5) is 0.804. The Labute approximate surface area is 88.4 Å². The monoisotopic (exact) mass is 211 g/mol. The van der Waals surface area contributed by atoms with Crippen molar-refractivity contribution in [3.63, 3.8) is 0 Å². The number of benzene rings is 1. The average Bonchev–Trinajstić information content (AvgIpc) is 2.27. The third kappa shape index (κ3) is 1.61. The molecule has 0 aromatic heterocycles. The highest BCUT2D eigenvalue weighted by Gasteiger charge is 2.16. The minimum absolute atomic E-state index is 0.375. The molecule has 76 valence electrons. The molecule has 0 saturated carbocycles. The molecule has 0 aliphatic heterocycles. The Hall–Kier alpha value is -0.700. The van der Waals surface area contributed by atoms with E-state index in [9.17, 15) is 3.89 Å². The van der Waals surface area contributed by atoms with Gasteiger partial charge in [-0.2, -0.15) is 3.89 Å². The van der Waals surface area contributed by atoms with Gasteiger partial charge in [-0.25, -0.2) is 0 Å². The third-order valence-corrected chi connectivity index (χ3v) is 3.39. The van der Waals surface area contributed by atoms with Crippen molar-refractivity contribution in [3.05, 3.63) is 23.3 Å². The summed E-state index contributed by atoms with van der Waals surface area (Å²) >= 11 is 0.375. The molecular formula is C11H14FNS. The zero-order valence-electron chi connectivity index (χ0n) is 8.27. The first-order chi connectivity index (χ1) is 6.86. The van der Waals surface area contributed by atoms with E-state index in [1.165, 1.54) is 24.0 Å². The van der Waals surface area contributed by atoms with Gasteiger partial charge in [0.15, 0.2) is 0 Å². The number of halogens is 1. The van der Waals surface area contributed by atoms with E-state index in [4.69, 9.17) is 0 Å². The van der Waals surface area contributed by atoms with Gasteiger partial charge < -0.3 is 5.32 Å². The Kier molecular flexibility index (Phi) is 2.96. The predicted molar refractivity (Wildman–Crippen MR) is 59.6 cm³/mol. The molecular weight excluding hydrogens is 197 g/mol. The van der Waals surface area contributed by atoms with Gasteiger partial charge in [0.05, 0.1) is 12.1 Å². The lowest BCUT2D eigenvalue weighted by molar-refractivity contribution is 0.676. The van der Waals surface area contributed by atoms with E-state index >= 15 is 0 Å². The fourth-order valence-electron chi connectivity index (χ4n) is 2.14. The largest absolute Gasteiger partial charge is 0.388 e. The second-order valence-corrected chi connectivity index (χ2v) is 4.20. The molecule has 0 fully saturated rings. The van der Waals surface area contributed by atoms with E-state index in [-0.39, 0.29) is 0 Å². The van der Waals surface area contributed by atoms with Crippen molar-refractivity contribution in [2.45, 2.75) is 30.6 Å². The number of hydrogen-bond acceptors (Lipinski definition) is 2. The molecule has 1 aliphatic carbocycles. The summed E-state index contributed by atoms with van der Waals surface area (Å²) in [6.45, 7) is 0. The summed E-state index contributed by atoms with van der Waals surface area (Å²) in [6, 6.07) is 3.85. The van der Waals surface area contributed by atoms with Crippen LogP contribution in [0.5, 0.6) is 0 Å². The Bertz CT molecular complexity index is 305. The Morgan fingerprint density at radius 3 is 2.57 bits per heavy atom. The molecule has 2 rings (SSSR count). The molecule has 0 spiro atoms. The minimum Gasteiger partial charge on any atom is -0.388 e. The molecule has 1 aromatic carbocycles. The molecule has 14 heavy (non-hydrogen) atoms. The molecule has 1 N–H and O–H groups in total. The molecule has 0 amide bonds. The van der Waals surface area contributed by atoms with Crippen LogP contribution in [0.1, 0.15) is 24.0 Å². The van der Waals surface area contributed by atoms with Gasteiger partial charge in [0.25, 0.3) is 0 Å². The lowest BCUT2D eigenvalue weighted by Crippen LogP contribution is -2.07. The number of hydrogen-bond donors (Lipinski definition) is 1. The molecule has 0 saturated heterocycles. The topological polar surface area (TPSA) is 12.0 Å². The minimum atomic E-state index is 0.375. The molecule has 0 bridgehead atoms. The van der Waals surface area contributed by atoms with Gasteiger partial charge >= 0.3 is 0 Å². The summed E-state index contributed by atoms with van der Waals surface area (Å²) in [5, 5.41) is 3.17. The van der Waals surface area contributed by atoms with Gasteiger partial charge in [0, 0.05) is 17.6 Å². The van der Waals surface area contributed by atoms with E-state index in [1.807, 2.05) is 19.2 Å². The predicted octanol–water partition coefficient (Wildman–Crippen LogP) is 3.58. The highest BCUT2D eigenvalue weighted by Crippen LogP contribution is 2.35. The van der Waals surface area contributed by atoms with Gasteiger partial charge in [-0.1, -0.05) is 0 Å². The smallest absolute Gasteiger partial charge is 0.0815 e. The van der Waals surface area contributed by atoms with Crippen molar-refractivity contribution < 1.29 is 3.89 Å². The quantitative estimate of drug-likeness (QED) is 0.802. The van der Waals surface area contributed by atoms with Crippen LogP contribution in [0, 0.1) is 0 Å². The van der Waals surface area contributed by atoms with E-state index in [0.717, 1.165) is 23.4 Å². The summed E-state index contributed by atoms with van der Waals surface area (Å²) in [6.07, 6.45) is 4.52. The molecule has 1 aliphatic rings. The maximum Gasteiger partial charge on any atom is 0.0815 e. The maximum atomic E-state index is 12.6. The van der Waals surface area contributed by atoms with Crippen LogP contribution in [0.15, 0.2) is 17.0 Å². The van der Waals surface area contributed by atoms with E-state index in [2.05, 4.69) is 5.32 Å². The van der Waals surface area contributed by atoms with Gasteiger partial charge in [-0.05, 0) is 48.9 Å². The standard InChI is InChI=1S/C11H14FNS/c1-13-10-6-7-11(14-12)9-5-3-2-4-8(9)10/h6-7,13H,2-5H2,1H3. The lowest BCUT2D eigenvalue weighted by atomic mass is 9.90. The van der Waals surface area contributed by atoms with Crippen molar-refractivity contribution in [1.29, 1.82) is 0 Å². The lowest BCUT2D eigenvalue weighted by Gasteiger charge is -2.20. The zero-order valence-corrected chi connectivity index (χ0v) is 9.09. The second kappa shape index (κ2) is 4.22. The summed E-state index contributed by atoms with van der Waals surface area (Å²) in [7, 11) is 1.92. The van der Waals surface area contributed by atoms with Crippen LogP contribution in [-0.4, -0.2) is 7.05 Å². The molecule has 1 nitrogen and oxygen atoms in total. The van der Waals surface area contributed by atoms with Crippen LogP contribution in [0.2, 0.25) is 0 Å². The van der Waals surface area contributed by atoms with Crippen molar-refractivity contribution in [2.24, 2.45) is 0 Å². The number of nitrogens with one attached hydrogen (secondary N) is 1. The highest BCUT2D eigenvalue weighted by molar-refractivity contribution is 7.94. The van der Waals surface area contributed by atoms with Gasteiger partial charge in [0.1, 0.15) is 0 Å². The molecule has 0 radical (unpaired) electrons. The first kappa shape index (κ1) is 9.84. The average molecular weight is 211 g/mol. The van der Waals surface area contributed by atoms with Crippen LogP contribution in [0.25, 0.3) is 0 Å². The Morgan fingerprint density at radius 2 is 1.93 bits per heavy atom. The normalized spacial score (nSPS) is 15.0. The molecule has 0 atom stereocenters. The molecule has 1 aromatic rings. The van der Waals surface area contributed by atoms with Crippen LogP contribution >= 0.6 is 12.1 Å². The van der Waals surface area contributed by atoms with E-state index < -0.39 is 0 Å². The van der Waals surface area contributed by atoms with Crippen molar-refractivity contribution in [1.82, 2.24) is 0 Å². The summed E-state index contributed by atoms with van der Waals surface area (Å²) in [5.74, 6) is 0. The Balaban J connectivity index is 2.50. The number of anilines is 1. The van der Waals surface area contributed by atoms with Gasteiger partial charge in [-0.15, -0.1) is 0 Å². The SMILES string of the molecule is CNc1ccc(SF)c2c1CCCC2. The molecule has 0 unspecified atom stereocenters.